The largest absolute Gasteiger partial charge is 0.457 e. The molecule has 1 fully saturated rings. The first kappa shape index (κ1) is 47.3. The van der Waals surface area contributed by atoms with Gasteiger partial charge in [0, 0.05) is 13.0 Å². The standard InChI is InChI=1S/C42H82O8/c1-5-7-9-20-26-34(3)28-22-16-12-11-15-19-25-31-48-32-36(33-49-42-40(46)38(44)39(45)41(42)47)50-37(43)30-24-18-14-13-17-23-29-35(4)27-21-10-8-6-2/h34-36,38-42,44-47H,5-33H2,1-4H3/t34-,35+,36-,38+,39+,40-,41-/m0/s1. The highest BCUT2D eigenvalue weighted by atomic mass is 16.6. The van der Waals surface area contributed by atoms with Crippen LogP contribution in [0.25, 0.3) is 0 Å². The van der Waals surface area contributed by atoms with Crippen LogP contribution in [0.2, 0.25) is 0 Å². The molecule has 7 atom stereocenters. The van der Waals surface area contributed by atoms with Gasteiger partial charge < -0.3 is 34.6 Å². The van der Waals surface area contributed by atoms with Crippen LogP contribution >= 0.6 is 0 Å². The van der Waals surface area contributed by atoms with E-state index in [1.165, 1.54) is 128 Å². The van der Waals surface area contributed by atoms with E-state index >= 15 is 0 Å². The highest BCUT2D eigenvalue weighted by molar-refractivity contribution is 5.69. The minimum atomic E-state index is -1.49. The smallest absolute Gasteiger partial charge is 0.306 e. The third kappa shape index (κ3) is 23.7. The fourth-order valence-electron chi connectivity index (χ4n) is 7.16. The lowest BCUT2D eigenvalue weighted by molar-refractivity contribution is -0.163. The molecule has 0 aromatic heterocycles. The number of rotatable bonds is 35. The maximum atomic E-state index is 12.7. The number of hydrogen-bond acceptors (Lipinski definition) is 8. The Balaban J connectivity index is 2.25. The van der Waals surface area contributed by atoms with Crippen LogP contribution in [0.3, 0.4) is 0 Å². The SMILES string of the molecule is CCCCCC[C@@H](C)CCCCCCCCC(=O)O[C@@H](COCCCCCCCCC[C@@H](C)CCCCCC)COC1[C@@H](O)[C@H](O)[C@@H](O)[C@@H]1O. The Morgan fingerprint density at radius 2 is 0.920 bits per heavy atom. The highest BCUT2D eigenvalue weighted by Crippen LogP contribution is 2.25. The van der Waals surface area contributed by atoms with Gasteiger partial charge in [-0.2, -0.15) is 0 Å². The first-order valence-electron chi connectivity index (χ1n) is 21.3. The molecule has 0 heterocycles. The zero-order chi connectivity index (χ0) is 36.8. The van der Waals surface area contributed by atoms with Crippen molar-refractivity contribution in [1.29, 1.82) is 0 Å². The van der Waals surface area contributed by atoms with Crippen LogP contribution in [0, 0.1) is 11.8 Å². The van der Waals surface area contributed by atoms with Gasteiger partial charge in [0.25, 0.3) is 0 Å². The van der Waals surface area contributed by atoms with E-state index in [-0.39, 0.29) is 19.2 Å². The van der Waals surface area contributed by atoms with E-state index < -0.39 is 36.6 Å². The highest BCUT2D eigenvalue weighted by Gasteiger charge is 2.49. The van der Waals surface area contributed by atoms with E-state index in [4.69, 9.17) is 14.2 Å². The predicted molar refractivity (Wildman–Crippen MR) is 204 cm³/mol. The Hall–Kier alpha value is -0.770. The second-order valence-corrected chi connectivity index (χ2v) is 15.8. The number of hydrogen-bond donors (Lipinski definition) is 4. The summed E-state index contributed by atoms with van der Waals surface area (Å²) in [6.07, 6.45) is 23.9. The van der Waals surface area contributed by atoms with E-state index in [2.05, 4.69) is 27.7 Å². The summed E-state index contributed by atoms with van der Waals surface area (Å²) >= 11 is 0. The van der Waals surface area contributed by atoms with Crippen molar-refractivity contribution in [3.63, 3.8) is 0 Å². The van der Waals surface area contributed by atoms with E-state index in [1.54, 1.807) is 0 Å². The molecule has 0 spiro atoms. The molecular weight excluding hydrogens is 632 g/mol. The molecule has 0 bridgehead atoms. The molecule has 0 amide bonds. The third-order valence-electron chi connectivity index (χ3n) is 10.7. The maximum absolute atomic E-state index is 12.7. The number of carbonyl (C=O) groups is 1. The van der Waals surface area contributed by atoms with Gasteiger partial charge >= 0.3 is 5.97 Å². The molecule has 1 rings (SSSR count). The Kier molecular flexibility index (Phi) is 30.0. The molecule has 0 radical (unpaired) electrons. The molecule has 8 nitrogen and oxygen atoms in total. The third-order valence-corrected chi connectivity index (χ3v) is 10.7. The number of ether oxygens (including phenoxy) is 3. The molecule has 0 unspecified atom stereocenters. The number of aliphatic hydroxyl groups is 4. The number of esters is 1. The molecule has 4 N–H and O–H groups in total. The summed E-state index contributed by atoms with van der Waals surface area (Å²) in [5.41, 5.74) is 0. The van der Waals surface area contributed by atoms with Crippen LogP contribution in [0.5, 0.6) is 0 Å². The zero-order valence-electron chi connectivity index (χ0n) is 33.0. The van der Waals surface area contributed by atoms with Crippen molar-refractivity contribution in [2.75, 3.05) is 19.8 Å². The van der Waals surface area contributed by atoms with Crippen molar-refractivity contribution >= 4 is 5.97 Å². The normalized spacial score (nSPS) is 21.4. The zero-order valence-corrected chi connectivity index (χ0v) is 33.0. The van der Waals surface area contributed by atoms with Gasteiger partial charge in [0.2, 0.25) is 0 Å². The van der Waals surface area contributed by atoms with Crippen molar-refractivity contribution in [2.45, 2.75) is 231 Å². The molecule has 50 heavy (non-hydrogen) atoms. The Bertz CT molecular complexity index is 752. The van der Waals surface area contributed by atoms with Crippen molar-refractivity contribution < 1.29 is 39.4 Å². The Labute approximate surface area is 307 Å². The molecule has 1 saturated carbocycles. The summed E-state index contributed by atoms with van der Waals surface area (Å²) in [7, 11) is 0. The van der Waals surface area contributed by atoms with Gasteiger partial charge in [0.15, 0.2) is 0 Å². The van der Waals surface area contributed by atoms with Gasteiger partial charge in [0.1, 0.15) is 36.6 Å². The van der Waals surface area contributed by atoms with Crippen LogP contribution in [0.1, 0.15) is 195 Å². The Morgan fingerprint density at radius 1 is 0.520 bits per heavy atom. The number of carbonyl (C=O) groups excluding carboxylic acids is 1. The summed E-state index contributed by atoms with van der Waals surface area (Å²) in [5, 5.41) is 40.2. The van der Waals surface area contributed by atoms with Crippen molar-refractivity contribution in [3.05, 3.63) is 0 Å². The van der Waals surface area contributed by atoms with Gasteiger partial charge in [-0.1, -0.05) is 175 Å². The van der Waals surface area contributed by atoms with E-state index in [0.717, 1.165) is 43.9 Å². The lowest BCUT2D eigenvalue weighted by atomic mass is 9.96. The molecule has 1 aliphatic carbocycles. The summed E-state index contributed by atoms with van der Waals surface area (Å²) in [6.45, 7) is 9.93. The Morgan fingerprint density at radius 3 is 1.38 bits per heavy atom. The van der Waals surface area contributed by atoms with E-state index in [1.807, 2.05) is 0 Å². The molecule has 0 saturated heterocycles. The molecule has 0 aliphatic heterocycles. The second kappa shape index (κ2) is 31.7. The molecule has 0 aromatic carbocycles. The summed E-state index contributed by atoms with van der Waals surface area (Å²) in [5.74, 6) is 1.37. The topological polar surface area (TPSA) is 126 Å². The predicted octanol–water partition coefficient (Wildman–Crippen LogP) is 9.21. The first-order valence-corrected chi connectivity index (χ1v) is 21.3. The van der Waals surface area contributed by atoms with Gasteiger partial charge in [-0.15, -0.1) is 0 Å². The van der Waals surface area contributed by atoms with Crippen molar-refractivity contribution in [3.8, 4) is 0 Å². The summed E-state index contributed by atoms with van der Waals surface area (Å²) in [4.78, 5) is 12.7. The molecule has 1 aliphatic rings. The number of unbranched alkanes of at least 4 members (excludes halogenated alkanes) is 17. The number of aliphatic hydroxyl groups excluding tert-OH is 4. The monoisotopic (exact) mass is 715 g/mol. The van der Waals surface area contributed by atoms with Crippen LogP contribution < -0.4 is 0 Å². The molecule has 8 heteroatoms. The fraction of sp³-hybridized carbons (Fsp3) is 0.976. The minimum absolute atomic E-state index is 0.0989. The molecular formula is C42H82O8. The quantitative estimate of drug-likeness (QED) is 0.0378. The maximum Gasteiger partial charge on any atom is 0.306 e. The lowest BCUT2D eigenvalue weighted by Crippen LogP contribution is -2.39. The second-order valence-electron chi connectivity index (χ2n) is 15.8. The average molecular weight is 715 g/mol. The van der Waals surface area contributed by atoms with Crippen LogP contribution in [0.4, 0.5) is 0 Å². The minimum Gasteiger partial charge on any atom is -0.457 e. The van der Waals surface area contributed by atoms with E-state index in [9.17, 15) is 25.2 Å². The van der Waals surface area contributed by atoms with Gasteiger partial charge in [-0.05, 0) is 24.7 Å². The first-order chi connectivity index (χ1) is 24.2. The van der Waals surface area contributed by atoms with Gasteiger partial charge in [0.05, 0.1) is 13.2 Å². The fourth-order valence-corrected chi connectivity index (χ4v) is 7.16. The van der Waals surface area contributed by atoms with E-state index in [0.29, 0.717) is 13.0 Å². The average Bonchev–Trinajstić information content (AvgIpc) is 3.28. The van der Waals surface area contributed by atoms with Crippen LogP contribution in [-0.4, -0.2) is 82.8 Å². The van der Waals surface area contributed by atoms with Gasteiger partial charge in [-0.3, -0.25) is 4.79 Å². The molecule has 0 aromatic rings. The molecule has 298 valence electrons. The summed E-state index contributed by atoms with van der Waals surface area (Å²) in [6, 6.07) is 0. The lowest BCUT2D eigenvalue weighted by Gasteiger charge is -2.24. The van der Waals surface area contributed by atoms with Crippen molar-refractivity contribution in [2.24, 2.45) is 11.8 Å². The van der Waals surface area contributed by atoms with Crippen molar-refractivity contribution in [1.82, 2.24) is 0 Å². The summed E-state index contributed by atoms with van der Waals surface area (Å²) < 4.78 is 17.3. The van der Waals surface area contributed by atoms with Crippen LogP contribution in [-0.2, 0) is 19.0 Å². The van der Waals surface area contributed by atoms with Gasteiger partial charge in [-0.25, -0.2) is 0 Å². The van der Waals surface area contributed by atoms with Crippen LogP contribution in [0.15, 0.2) is 0 Å².